The van der Waals surface area contributed by atoms with Gasteiger partial charge in [-0.05, 0) is 35.9 Å². The molecule has 1 atom stereocenters. The number of carbonyl (C=O) groups is 2. The second-order valence-corrected chi connectivity index (χ2v) is 6.48. The molecule has 0 radical (unpaired) electrons. The van der Waals surface area contributed by atoms with E-state index in [2.05, 4.69) is 5.32 Å². The maximum atomic E-state index is 12.4. The number of carbonyl (C=O) groups excluding carboxylic acids is 2. The van der Waals surface area contributed by atoms with E-state index in [0.717, 1.165) is 5.56 Å². The molecule has 0 aliphatic carbocycles. The van der Waals surface area contributed by atoms with Gasteiger partial charge in [-0.15, -0.1) is 0 Å². The van der Waals surface area contributed by atoms with Gasteiger partial charge in [-0.2, -0.15) is 0 Å². The van der Waals surface area contributed by atoms with Crippen LogP contribution in [0.5, 0.6) is 17.2 Å². The second kappa shape index (κ2) is 8.48. The molecule has 1 N–H and O–H groups in total. The molecule has 1 heterocycles. The van der Waals surface area contributed by atoms with E-state index < -0.39 is 12.1 Å². The highest BCUT2D eigenvalue weighted by Crippen LogP contribution is 2.31. The summed E-state index contributed by atoms with van der Waals surface area (Å²) in [6.45, 7) is 0.476. The van der Waals surface area contributed by atoms with Crippen LogP contribution in [-0.4, -0.2) is 24.6 Å². The summed E-state index contributed by atoms with van der Waals surface area (Å²) in [6.07, 6.45) is -0.875. The van der Waals surface area contributed by atoms with Crippen molar-refractivity contribution in [3.8, 4) is 17.2 Å². The molecule has 0 saturated carbocycles. The number of rotatable bonds is 5. The number of ether oxygens (including phenoxy) is 3. The Bertz CT molecular complexity index is 1020. The van der Waals surface area contributed by atoms with Crippen LogP contribution in [0.3, 0.4) is 0 Å². The first-order valence-corrected chi connectivity index (χ1v) is 9.21. The lowest BCUT2D eigenvalue weighted by Gasteiger charge is -2.24. The molecule has 0 unspecified atom stereocenters. The van der Waals surface area contributed by atoms with Crippen molar-refractivity contribution in [2.75, 3.05) is 6.61 Å². The third-order valence-corrected chi connectivity index (χ3v) is 4.38. The van der Waals surface area contributed by atoms with E-state index in [4.69, 9.17) is 14.2 Å². The molecule has 0 spiro atoms. The minimum Gasteiger partial charge on any atom is -0.485 e. The summed E-state index contributed by atoms with van der Waals surface area (Å²) < 4.78 is 16.6. The molecule has 4 rings (SSSR count). The average molecular weight is 389 g/mol. The van der Waals surface area contributed by atoms with Crippen LogP contribution in [0.1, 0.15) is 15.9 Å². The molecule has 1 aliphatic heterocycles. The molecular weight excluding hydrogens is 370 g/mol. The van der Waals surface area contributed by atoms with Crippen molar-refractivity contribution in [2.45, 2.75) is 12.6 Å². The molecule has 0 saturated heterocycles. The van der Waals surface area contributed by atoms with Crippen LogP contribution < -0.4 is 19.5 Å². The molecule has 0 fully saturated rings. The topological polar surface area (TPSA) is 73.9 Å². The Kier molecular flexibility index (Phi) is 5.42. The number of nitrogens with one attached hydrogen (secondary N) is 1. The van der Waals surface area contributed by atoms with Crippen molar-refractivity contribution in [1.82, 2.24) is 5.32 Å². The number of hydrogen-bond donors (Lipinski definition) is 1. The van der Waals surface area contributed by atoms with Crippen LogP contribution in [0.15, 0.2) is 78.9 Å². The summed E-state index contributed by atoms with van der Waals surface area (Å²) in [5, 5.41) is 2.85. The van der Waals surface area contributed by atoms with Gasteiger partial charge >= 0.3 is 5.97 Å². The molecule has 0 bridgehead atoms. The Hall–Kier alpha value is -3.80. The summed E-state index contributed by atoms with van der Waals surface area (Å²) in [7, 11) is 0. The second-order valence-electron chi connectivity index (χ2n) is 6.48. The van der Waals surface area contributed by atoms with E-state index in [-0.39, 0.29) is 18.3 Å². The summed E-state index contributed by atoms with van der Waals surface area (Å²) in [6, 6.07) is 23.2. The minimum atomic E-state index is -0.875. The zero-order valence-corrected chi connectivity index (χ0v) is 15.5. The van der Waals surface area contributed by atoms with Crippen LogP contribution in [0.2, 0.25) is 0 Å². The highest BCUT2D eigenvalue weighted by atomic mass is 16.6. The molecule has 6 nitrogen and oxygen atoms in total. The number of fused-ring (bicyclic) bond motifs is 1. The van der Waals surface area contributed by atoms with Gasteiger partial charge in [0, 0.05) is 12.1 Å². The Morgan fingerprint density at radius 3 is 2.52 bits per heavy atom. The molecule has 1 amide bonds. The molecule has 3 aromatic carbocycles. The van der Waals surface area contributed by atoms with Gasteiger partial charge < -0.3 is 19.5 Å². The molecule has 29 heavy (non-hydrogen) atoms. The first-order valence-electron chi connectivity index (χ1n) is 9.21. The normalized spacial score (nSPS) is 14.7. The van der Waals surface area contributed by atoms with Gasteiger partial charge in [-0.25, -0.2) is 4.79 Å². The smallest absolute Gasteiger partial charge is 0.356 e. The summed E-state index contributed by atoms with van der Waals surface area (Å²) in [5.41, 5.74) is 1.40. The SMILES string of the molecule is O=C(NCc1ccccc1)c1cccc(OC(=O)[C@@H]2COc3ccccc3O2)c1. The molecule has 6 heteroatoms. The van der Waals surface area contributed by atoms with E-state index >= 15 is 0 Å². The number of benzene rings is 3. The minimum absolute atomic E-state index is 0.0626. The monoisotopic (exact) mass is 389 g/mol. The van der Waals surface area contributed by atoms with Crippen molar-refractivity contribution in [2.24, 2.45) is 0 Å². The zero-order valence-electron chi connectivity index (χ0n) is 15.5. The standard InChI is InChI=1S/C23H19NO5/c25-22(24-14-16-7-2-1-3-8-16)17-9-6-10-18(13-17)28-23(26)21-15-27-19-11-4-5-12-20(19)29-21/h1-13,21H,14-15H2,(H,24,25)/t21-/m0/s1. The van der Waals surface area contributed by atoms with Crippen molar-refractivity contribution in [1.29, 1.82) is 0 Å². The summed E-state index contributed by atoms with van der Waals surface area (Å²) in [4.78, 5) is 24.8. The van der Waals surface area contributed by atoms with E-state index in [0.29, 0.717) is 23.6 Å². The lowest BCUT2D eigenvalue weighted by molar-refractivity contribution is -0.144. The fraction of sp³-hybridized carbons (Fsp3) is 0.130. The molecule has 3 aromatic rings. The quantitative estimate of drug-likeness (QED) is 0.535. The largest absolute Gasteiger partial charge is 0.485 e. The van der Waals surface area contributed by atoms with Gasteiger partial charge in [0.15, 0.2) is 11.5 Å². The maximum absolute atomic E-state index is 12.4. The van der Waals surface area contributed by atoms with Gasteiger partial charge in [0.25, 0.3) is 5.91 Å². The van der Waals surface area contributed by atoms with Gasteiger partial charge in [0.1, 0.15) is 12.4 Å². The maximum Gasteiger partial charge on any atom is 0.356 e. The third-order valence-electron chi connectivity index (χ3n) is 4.38. The fourth-order valence-corrected chi connectivity index (χ4v) is 2.90. The highest BCUT2D eigenvalue weighted by molar-refractivity contribution is 5.94. The first kappa shape index (κ1) is 18.6. The number of esters is 1. The van der Waals surface area contributed by atoms with Crippen LogP contribution >= 0.6 is 0 Å². The number of amides is 1. The first-order chi connectivity index (χ1) is 14.2. The van der Waals surface area contributed by atoms with E-state index in [9.17, 15) is 9.59 Å². The lowest BCUT2D eigenvalue weighted by atomic mass is 10.2. The summed E-state index contributed by atoms with van der Waals surface area (Å²) >= 11 is 0. The molecule has 146 valence electrons. The van der Waals surface area contributed by atoms with E-state index in [1.807, 2.05) is 36.4 Å². The average Bonchev–Trinajstić information content (AvgIpc) is 2.78. The molecule has 1 aliphatic rings. The van der Waals surface area contributed by atoms with Crippen molar-refractivity contribution in [3.05, 3.63) is 90.0 Å². The van der Waals surface area contributed by atoms with Gasteiger partial charge in [-0.1, -0.05) is 48.5 Å². The van der Waals surface area contributed by atoms with Gasteiger partial charge in [0.2, 0.25) is 6.10 Å². The van der Waals surface area contributed by atoms with Crippen LogP contribution in [-0.2, 0) is 11.3 Å². The fourth-order valence-electron chi connectivity index (χ4n) is 2.90. The van der Waals surface area contributed by atoms with Gasteiger partial charge in [0.05, 0.1) is 0 Å². The Morgan fingerprint density at radius 1 is 0.931 bits per heavy atom. The highest BCUT2D eigenvalue weighted by Gasteiger charge is 2.29. The third kappa shape index (κ3) is 4.55. The Labute approximate surface area is 168 Å². The van der Waals surface area contributed by atoms with Crippen LogP contribution in [0.4, 0.5) is 0 Å². The van der Waals surface area contributed by atoms with Crippen LogP contribution in [0.25, 0.3) is 0 Å². The lowest BCUT2D eigenvalue weighted by Crippen LogP contribution is -2.39. The van der Waals surface area contributed by atoms with Gasteiger partial charge in [-0.3, -0.25) is 4.79 Å². The van der Waals surface area contributed by atoms with Crippen LogP contribution in [0, 0.1) is 0 Å². The Morgan fingerprint density at radius 2 is 1.69 bits per heavy atom. The summed E-state index contributed by atoms with van der Waals surface area (Å²) in [5.74, 6) is 0.521. The number of para-hydroxylation sites is 2. The van der Waals surface area contributed by atoms with E-state index in [1.54, 1.807) is 36.4 Å². The van der Waals surface area contributed by atoms with Crippen molar-refractivity contribution >= 4 is 11.9 Å². The molecule has 0 aromatic heterocycles. The zero-order chi connectivity index (χ0) is 20.1. The predicted molar refractivity (Wildman–Crippen MR) is 106 cm³/mol. The number of hydrogen-bond acceptors (Lipinski definition) is 5. The Balaban J connectivity index is 1.37. The predicted octanol–water partition coefficient (Wildman–Crippen LogP) is 3.36. The van der Waals surface area contributed by atoms with Crippen molar-refractivity contribution < 1.29 is 23.8 Å². The molecular formula is C23H19NO5. The van der Waals surface area contributed by atoms with E-state index in [1.165, 1.54) is 6.07 Å². The van der Waals surface area contributed by atoms with Crippen molar-refractivity contribution in [3.63, 3.8) is 0 Å².